The van der Waals surface area contributed by atoms with Crippen LogP contribution in [0.5, 0.6) is 0 Å². The van der Waals surface area contributed by atoms with Crippen LogP contribution in [0.25, 0.3) is 0 Å². The summed E-state index contributed by atoms with van der Waals surface area (Å²) < 4.78 is 24.7. The van der Waals surface area contributed by atoms with Crippen molar-refractivity contribution in [3.8, 4) is 0 Å². The maximum atomic E-state index is 12.0. The van der Waals surface area contributed by atoms with Crippen molar-refractivity contribution >= 4 is 15.7 Å². The zero-order valence-corrected chi connectivity index (χ0v) is 13.7. The fourth-order valence-electron chi connectivity index (χ4n) is 2.77. The number of nitrogens with zero attached hydrogens (tertiary/aromatic N) is 2. The van der Waals surface area contributed by atoms with Gasteiger partial charge in [-0.05, 0) is 32.3 Å². The van der Waals surface area contributed by atoms with E-state index in [1.807, 2.05) is 6.92 Å². The van der Waals surface area contributed by atoms with Crippen molar-refractivity contribution in [3.63, 3.8) is 0 Å². The van der Waals surface area contributed by atoms with Gasteiger partial charge in [-0.3, -0.25) is 9.48 Å². The lowest BCUT2D eigenvalue weighted by Gasteiger charge is -2.32. The molecule has 0 aliphatic heterocycles. The lowest BCUT2D eigenvalue weighted by molar-refractivity contribution is 0.0672. The van der Waals surface area contributed by atoms with Gasteiger partial charge in [0.05, 0.1) is 11.4 Å². The van der Waals surface area contributed by atoms with Crippen molar-refractivity contribution < 1.29 is 18.3 Å². The van der Waals surface area contributed by atoms with Gasteiger partial charge >= 0.3 is 0 Å². The highest BCUT2D eigenvalue weighted by molar-refractivity contribution is 7.91. The summed E-state index contributed by atoms with van der Waals surface area (Å²) in [5.74, 6) is -0.389. The number of amides is 1. The van der Waals surface area contributed by atoms with E-state index in [4.69, 9.17) is 0 Å². The molecule has 2 N–H and O–H groups in total. The Morgan fingerprint density at radius 3 is 2.77 bits per heavy atom. The van der Waals surface area contributed by atoms with E-state index in [-0.39, 0.29) is 18.2 Å². The molecule has 0 aromatic carbocycles. The fraction of sp³-hybridized carbons (Fsp3) is 0.714. The van der Waals surface area contributed by atoms with Gasteiger partial charge in [0.1, 0.15) is 15.5 Å². The number of aryl methyl sites for hydroxylation is 1. The molecule has 1 aromatic rings. The van der Waals surface area contributed by atoms with Gasteiger partial charge in [-0.15, -0.1) is 0 Å². The molecule has 1 aromatic heterocycles. The molecule has 1 amide bonds. The van der Waals surface area contributed by atoms with Crippen molar-refractivity contribution in [2.45, 2.75) is 44.1 Å². The maximum absolute atomic E-state index is 12.0. The third kappa shape index (κ3) is 4.07. The monoisotopic (exact) mass is 329 g/mol. The third-order valence-electron chi connectivity index (χ3n) is 4.24. The standard InChI is InChI=1S/C14H23N3O4S/c1-3-17-7-6-12(16-17)14(19)15-9-10-4-5-11(8-13(10)18)22(2,20)21/h6-7,10-11,13,18H,3-5,8-9H2,1-2H3,(H,15,19)/t10-,11+,13+/m1/s1. The van der Waals surface area contributed by atoms with Crippen molar-refractivity contribution in [2.75, 3.05) is 12.8 Å². The highest BCUT2D eigenvalue weighted by atomic mass is 32.2. The summed E-state index contributed by atoms with van der Waals surface area (Å²) >= 11 is 0. The molecule has 3 atom stereocenters. The van der Waals surface area contributed by atoms with Crippen LogP contribution in [0.3, 0.4) is 0 Å². The van der Waals surface area contributed by atoms with Crippen LogP contribution in [0.15, 0.2) is 12.3 Å². The van der Waals surface area contributed by atoms with E-state index in [0.29, 0.717) is 31.6 Å². The van der Waals surface area contributed by atoms with Gasteiger partial charge in [0.2, 0.25) is 0 Å². The van der Waals surface area contributed by atoms with Crippen molar-refractivity contribution in [1.29, 1.82) is 0 Å². The van der Waals surface area contributed by atoms with Gasteiger partial charge in [0.15, 0.2) is 0 Å². The van der Waals surface area contributed by atoms with Crippen LogP contribution in [0.2, 0.25) is 0 Å². The molecule has 2 rings (SSSR count). The molecule has 0 radical (unpaired) electrons. The maximum Gasteiger partial charge on any atom is 0.271 e. The normalized spacial score (nSPS) is 25.9. The molecule has 0 bridgehead atoms. The average Bonchev–Trinajstić information content (AvgIpc) is 2.93. The molecule has 1 saturated carbocycles. The number of hydrogen-bond donors (Lipinski definition) is 2. The van der Waals surface area contributed by atoms with Crippen molar-refractivity contribution in [2.24, 2.45) is 5.92 Å². The van der Waals surface area contributed by atoms with Crippen molar-refractivity contribution in [1.82, 2.24) is 15.1 Å². The summed E-state index contributed by atoms with van der Waals surface area (Å²) in [5.41, 5.74) is 0.348. The summed E-state index contributed by atoms with van der Waals surface area (Å²) in [4.78, 5) is 12.0. The Morgan fingerprint density at radius 2 is 2.23 bits per heavy atom. The summed E-state index contributed by atoms with van der Waals surface area (Å²) in [7, 11) is -3.12. The number of carbonyl (C=O) groups excluding carboxylic acids is 1. The van der Waals surface area contributed by atoms with Gasteiger partial charge in [-0.1, -0.05) is 0 Å². The Balaban J connectivity index is 1.86. The molecule has 1 aliphatic carbocycles. The van der Waals surface area contributed by atoms with Gasteiger partial charge < -0.3 is 10.4 Å². The molecule has 8 heteroatoms. The Labute approximate surface area is 130 Å². The lowest BCUT2D eigenvalue weighted by Crippen LogP contribution is -2.41. The smallest absolute Gasteiger partial charge is 0.271 e. The Bertz CT molecular complexity index is 626. The second-order valence-electron chi connectivity index (χ2n) is 5.86. The largest absolute Gasteiger partial charge is 0.393 e. The number of nitrogens with one attached hydrogen (secondary N) is 1. The van der Waals surface area contributed by atoms with Crippen LogP contribution in [0.1, 0.15) is 36.7 Å². The van der Waals surface area contributed by atoms with Gasteiger partial charge in [-0.2, -0.15) is 5.10 Å². The zero-order valence-electron chi connectivity index (χ0n) is 12.9. The number of aliphatic hydroxyl groups excluding tert-OH is 1. The van der Waals surface area contributed by atoms with E-state index in [2.05, 4.69) is 10.4 Å². The molecule has 124 valence electrons. The van der Waals surface area contributed by atoms with E-state index < -0.39 is 21.2 Å². The van der Waals surface area contributed by atoms with Crippen molar-refractivity contribution in [3.05, 3.63) is 18.0 Å². The molecular formula is C14H23N3O4S. The van der Waals surface area contributed by atoms with Gasteiger partial charge in [0.25, 0.3) is 5.91 Å². The predicted molar refractivity (Wildman–Crippen MR) is 82.2 cm³/mol. The van der Waals surface area contributed by atoms with E-state index in [0.717, 1.165) is 0 Å². The first-order chi connectivity index (χ1) is 10.3. The molecule has 0 spiro atoms. The number of hydrogen-bond acceptors (Lipinski definition) is 5. The number of rotatable bonds is 5. The van der Waals surface area contributed by atoms with Gasteiger partial charge in [-0.25, -0.2) is 8.42 Å². The molecule has 0 saturated heterocycles. The summed E-state index contributed by atoms with van der Waals surface area (Å²) in [6.07, 6.45) is 3.59. The molecule has 22 heavy (non-hydrogen) atoms. The summed E-state index contributed by atoms with van der Waals surface area (Å²) in [5, 5.41) is 16.5. The van der Waals surface area contributed by atoms with Crippen LogP contribution in [-0.4, -0.2) is 53.4 Å². The van der Waals surface area contributed by atoms with Crippen LogP contribution in [-0.2, 0) is 16.4 Å². The first-order valence-electron chi connectivity index (χ1n) is 7.49. The topological polar surface area (TPSA) is 101 Å². The first-order valence-corrected chi connectivity index (χ1v) is 9.45. The van der Waals surface area contributed by atoms with Crippen LogP contribution in [0.4, 0.5) is 0 Å². The van der Waals surface area contributed by atoms with E-state index in [9.17, 15) is 18.3 Å². The van der Waals surface area contributed by atoms with E-state index >= 15 is 0 Å². The quantitative estimate of drug-likeness (QED) is 0.804. The van der Waals surface area contributed by atoms with Gasteiger partial charge in [0, 0.05) is 31.5 Å². The molecular weight excluding hydrogens is 306 g/mol. The minimum Gasteiger partial charge on any atom is -0.393 e. The predicted octanol–water partition coefficient (Wildman–Crippen LogP) is 0.207. The number of sulfone groups is 1. The number of aliphatic hydroxyl groups is 1. The third-order valence-corrected chi connectivity index (χ3v) is 5.87. The van der Waals surface area contributed by atoms with Crippen LogP contribution < -0.4 is 5.32 Å². The number of aromatic nitrogens is 2. The second-order valence-corrected chi connectivity index (χ2v) is 8.18. The van der Waals surface area contributed by atoms with E-state index in [1.54, 1.807) is 16.9 Å². The minimum atomic E-state index is -3.12. The molecule has 0 unspecified atom stereocenters. The average molecular weight is 329 g/mol. The molecule has 1 aliphatic rings. The molecule has 1 fully saturated rings. The zero-order chi connectivity index (χ0) is 16.3. The van der Waals surface area contributed by atoms with Crippen LogP contribution >= 0.6 is 0 Å². The Hall–Kier alpha value is -1.41. The van der Waals surface area contributed by atoms with E-state index in [1.165, 1.54) is 6.26 Å². The minimum absolute atomic E-state index is 0.116. The SMILES string of the molecule is CCn1ccc(C(=O)NC[C@H]2CC[C@H](S(C)(=O)=O)C[C@@H]2O)n1. The first kappa shape index (κ1) is 17.0. The summed E-state index contributed by atoms with van der Waals surface area (Å²) in [6, 6.07) is 1.65. The van der Waals surface area contributed by atoms with Crippen LogP contribution in [0, 0.1) is 5.92 Å². The summed E-state index contributed by atoms with van der Waals surface area (Å²) in [6.45, 7) is 2.96. The second kappa shape index (κ2) is 6.78. The Morgan fingerprint density at radius 1 is 1.50 bits per heavy atom. The number of carbonyl (C=O) groups is 1. The highest BCUT2D eigenvalue weighted by Crippen LogP contribution is 2.28. The highest BCUT2D eigenvalue weighted by Gasteiger charge is 2.34. The Kier molecular flexibility index (Phi) is 5.23. The molecule has 7 nitrogen and oxygen atoms in total. The molecule has 1 heterocycles. The fourth-order valence-corrected chi connectivity index (χ4v) is 3.88. The lowest BCUT2D eigenvalue weighted by atomic mass is 9.86.